The number of aliphatic hydroxyl groups is 1. The van der Waals surface area contributed by atoms with Crippen LogP contribution in [0.5, 0.6) is 0 Å². The summed E-state index contributed by atoms with van der Waals surface area (Å²) in [4.78, 5) is 11.4. The molecule has 3 N–H and O–H groups in total. The van der Waals surface area contributed by atoms with Gasteiger partial charge in [-0.15, -0.1) is 0 Å². The maximum atomic E-state index is 11.4. The second kappa shape index (κ2) is 6.86. The summed E-state index contributed by atoms with van der Waals surface area (Å²) in [5.74, 6) is 0.597. The smallest absolute Gasteiger partial charge is 0.234 e. The van der Waals surface area contributed by atoms with Gasteiger partial charge in [-0.05, 0) is 45.1 Å². The normalized spacial score (nSPS) is 26.7. The molecule has 0 aliphatic heterocycles. The van der Waals surface area contributed by atoms with Crippen LogP contribution in [0.3, 0.4) is 0 Å². The van der Waals surface area contributed by atoms with E-state index in [0.717, 1.165) is 32.2 Å². The molecule has 1 aliphatic rings. The van der Waals surface area contributed by atoms with Gasteiger partial charge in [0.15, 0.2) is 0 Å². The van der Waals surface area contributed by atoms with Gasteiger partial charge >= 0.3 is 0 Å². The summed E-state index contributed by atoms with van der Waals surface area (Å²) in [5.41, 5.74) is 0. The molecule has 1 rings (SSSR count). The minimum atomic E-state index is -0.124. The Morgan fingerprint density at radius 2 is 2.25 bits per heavy atom. The second-order valence-electron chi connectivity index (χ2n) is 4.84. The van der Waals surface area contributed by atoms with Crippen molar-refractivity contribution in [2.45, 2.75) is 51.7 Å². The number of amides is 1. The topological polar surface area (TPSA) is 61.4 Å². The lowest BCUT2D eigenvalue weighted by atomic mass is 10.1. The van der Waals surface area contributed by atoms with Crippen molar-refractivity contribution in [3.05, 3.63) is 0 Å². The molecule has 0 aromatic carbocycles. The first-order valence-corrected chi connectivity index (χ1v) is 6.30. The highest BCUT2D eigenvalue weighted by atomic mass is 16.3. The zero-order valence-electron chi connectivity index (χ0n) is 10.3. The van der Waals surface area contributed by atoms with Crippen molar-refractivity contribution in [1.29, 1.82) is 0 Å². The first-order chi connectivity index (χ1) is 7.61. The zero-order valence-corrected chi connectivity index (χ0v) is 10.3. The van der Waals surface area contributed by atoms with Crippen LogP contribution in [-0.2, 0) is 4.79 Å². The van der Waals surface area contributed by atoms with E-state index >= 15 is 0 Å². The van der Waals surface area contributed by atoms with Crippen LogP contribution in [0.4, 0.5) is 0 Å². The third kappa shape index (κ3) is 4.94. The van der Waals surface area contributed by atoms with E-state index in [2.05, 4.69) is 17.6 Å². The molecule has 4 heteroatoms. The predicted octanol–water partition coefficient (Wildman–Crippen LogP) is 0.652. The average molecular weight is 228 g/mol. The van der Waals surface area contributed by atoms with Crippen LogP contribution >= 0.6 is 0 Å². The third-order valence-corrected chi connectivity index (χ3v) is 3.25. The molecule has 3 unspecified atom stereocenters. The van der Waals surface area contributed by atoms with Crippen LogP contribution in [0.15, 0.2) is 0 Å². The minimum absolute atomic E-state index is 0.0629. The highest BCUT2D eigenvalue weighted by molar-refractivity contribution is 5.78. The van der Waals surface area contributed by atoms with E-state index in [1.165, 1.54) is 0 Å². The molecule has 4 nitrogen and oxygen atoms in total. The Morgan fingerprint density at radius 1 is 1.50 bits per heavy atom. The van der Waals surface area contributed by atoms with E-state index in [1.54, 1.807) is 0 Å². The highest BCUT2D eigenvalue weighted by Crippen LogP contribution is 2.24. The summed E-state index contributed by atoms with van der Waals surface area (Å²) in [6.45, 7) is 5.28. The second-order valence-corrected chi connectivity index (χ2v) is 4.84. The Bertz CT molecular complexity index is 221. The fourth-order valence-corrected chi connectivity index (χ4v) is 2.05. The molecule has 0 radical (unpaired) electrons. The molecule has 3 atom stereocenters. The Kier molecular flexibility index (Phi) is 5.77. The van der Waals surface area contributed by atoms with Crippen LogP contribution in [-0.4, -0.2) is 36.2 Å². The van der Waals surface area contributed by atoms with E-state index in [0.29, 0.717) is 12.5 Å². The number of carbonyl (C=O) groups excluding carboxylic acids is 1. The minimum Gasteiger partial charge on any atom is -0.393 e. The Labute approximate surface area is 97.8 Å². The van der Waals surface area contributed by atoms with Gasteiger partial charge in [-0.2, -0.15) is 0 Å². The summed E-state index contributed by atoms with van der Waals surface area (Å²) < 4.78 is 0. The quantitative estimate of drug-likeness (QED) is 0.625. The molecule has 0 heterocycles. The monoisotopic (exact) mass is 228 g/mol. The van der Waals surface area contributed by atoms with Crippen LogP contribution in [0.25, 0.3) is 0 Å². The van der Waals surface area contributed by atoms with Crippen LogP contribution in [0.2, 0.25) is 0 Å². The van der Waals surface area contributed by atoms with Crippen molar-refractivity contribution in [3.8, 4) is 0 Å². The Balaban J connectivity index is 2.04. The van der Waals surface area contributed by atoms with E-state index in [9.17, 15) is 9.90 Å². The van der Waals surface area contributed by atoms with Crippen molar-refractivity contribution in [3.63, 3.8) is 0 Å². The molecular weight excluding hydrogens is 204 g/mol. The van der Waals surface area contributed by atoms with Crippen molar-refractivity contribution >= 4 is 5.91 Å². The van der Waals surface area contributed by atoms with Gasteiger partial charge in [0.2, 0.25) is 5.91 Å². The van der Waals surface area contributed by atoms with Gasteiger partial charge in [-0.3, -0.25) is 4.79 Å². The first-order valence-electron chi connectivity index (χ1n) is 6.30. The van der Waals surface area contributed by atoms with Crippen molar-refractivity contribution < 1.29 is 9.90 Å². The van der Waals surface area contributed by atoms with Gasteiger partial charge in [-0.25, -0.2) is 0 Å². The van der Waals surface area contributed by atoms with Crippen molar-refractivity contribution in [2.75, 3.05) is 13.1 Å². The zero-order chi connectivity index (χ0) is 12.0. The Morgan fingerprint density at radius 3 is 2.81 bits per heavy atom. The van der Waals surface area contributed by atoms with Crippen LogP contribution in [0, 0.1) is 5.92 Å². The van der Waals surface area contributed by atoms with Gasteiger partial charge < -0.3 is 15.7 Å². The van der Waals surface area contributed by atoms with Gasteiger partial charge in [0.25, 0.3) is 0 Å². The molecule has 0 aromatic rings. The van der Waals surface area contributed by atoms with E-state index < -0.39 is 0 Å². The van der Waals surface area contributed by atoms with Gasteiger partial charge in [-0.1, -0.05) is 6.92 Å². The summed E-state index contributed by atoms with van der Waals surface area (Å²) >= 11 is 0. The molecule has 0 saturated heterocycles. The van der Waals surface area contributed by atoms with Gasteiger partial charge in [0, 0.05) is 6.04 Å². The molecule has 1 aliphatic carbocycles. The SMILES string of the molecule is CCC(C)NC(=O)CNCC1CCC(O)C1. The molecule has 16 heavy (non-hydrogen) atoms. The summed E-state index contributed by atoms with van der Waals surface area (Å²) in [6, 6.07) is 0.252. The Hall–Kier alpha value is -0.610. The third-order valence-electron chi connectivity index (χ3n) is 3.25. The molecule has 0 aromatic heterocycles. The lowest BCUT2D eigenvalue weighted by molar-refractivity contribution is -0.120. The molecule has 0 bridgehead atoms. The fraction of sp³-hybridized carbons (Fsp3) is 0.917. The van der Waals surface area contributed by atoms with Crippen molar-refractivity contribution in [1.82, 2.24) is 10.6 Å². The lowest BCUT2D eigenvalue weighted by Crippen LogP contribution is -2.39. The number of aliphatic hydroxyl groups excluding tert-OH is 1. The molecular formula is C12H24N2O2. The molecule has 1 fully saturated rings. The number of carbonyl (C=O) groups is 1. The van der Waals surface area contributed by atoms with Crippen LogP contribution in [0.1, 0.15) is 39.5 Å². The maximum Gasteiger partial charge on any atom is 0.234 e. The maximum absolute atomic E-state index is 11.4. The van der Waals surface area contributed by atoms with E-state index in [4.69, 9.17) is 0 Å². The molecule has 1 amide bonds. The number of hydrogen-bond donors (Lipinski definition) is 3. The highest BCUT2D eigenvalue weighted by Gasteiger charge is 2.22. The van der Waals surface area contributed by atoms with Crippen molar-refractivity contribution in [2.24, 2.45) is 5.92 Å². The van der Waals surface area contributed by atoms with Gasteiger partial charge in [0.05, 0.1) is 12.6 Å². The van der Waals surface area contributed by atoms with Gasteiger partial charge in [0.1, 0.15) is 0 Å². The van der Waals surface area contributed by atoms with E-state index in [1.807, 2.05) is 6.92 Å². The lowest BCUT2D eigenvalue weighted by Gasteiger charge is -2.13. The molecule has 1 saturated carbocycles. The largest absolute Gasteiger partial charge is 0.393 e. The summed E-state index contributed by atoms with van der Waals surface area (Å²) in [5, 5.41) is 15.4. The van der Waals surface area contributed by atoms with E-state index in [-0.39, 0.29) is 18.1 Å². The number of nitrogens with one attached hydrogen (secondary N) is 2. The average Bonchev–Trinajstić information content (AvgIpc) is 2.64. The standard InChI is InChI=1S/C12H24N2O2/c1-3-9(2)14-12(16)8-13-7-10-4-5-11(15)6-10/h9-11,13,15H,3-8H2,1-2H3,(H,14,16). The summed E-state index contributed by atoms with van der Waals surface area (Å²) in [7, 11) is 0. The molecule has 0 spiro atoms. The fourth-order valence-electron chi connectivity index (χ4n) is 2.05. The predicted molar refractivity (Wildman–Crippen MR) is 64.1 cm³/mol. The molecule has 94 valence electrons. The first kappa shape index (κ1) is 13.5. The van der Waals surface area contributed by atoms with Crippen LogP contribution < -0.4 is 10.6 Å². The summed E-state index contributed by atoms with van der Waals surface area (Å²) in [6.07, 6.45) is 3.69. The number of rotatable bonds is 6. The number of hydrogen-bond acceptors (Lipinski definition) is 3.